The molecule has 1 unspecified atom stereocenters. The Bertz CT molecular complexity index is 320. The lowest BCUT2D eigenvalue weighted by molar-refractivity contribution is 0.102. The Morgan fingerprint density at radius 1 is 1.39 bits per heavy atom. The average Bonchev–Trinajstić information content (AvgIpc) is 2.14. The number of rotatable bonds is 8. The third kappa shape index (κ3) is 9.96. The summed E-state index contributed by atoms with van der Waals surface area (Å²) >= 11 is 1.12. The SMILES string of the molecule is CC(C)CCOP(=O)(OC(C)(C)C)SCCC#N. The molecule has 0 saturated heterocycles. The van der Waals surface area contributed by atoms with Crippen LogP contribution in [0.2, 0.25) is 0 Å². The Kier molecular flexibility index (Phi) is 8.21. The normalized spacial score (nSPS) is 15.4. The van der Waals surface area contributed by atoms with Gasteiger partial charge in [-0.15, -0.1) is 0 Å². The maximum atomic E-state index is 12.5. The van der Waals surface area contributed by atoms with Gasteiger partial charge in [0.15, 0.2) is 0 Å². The van der Waals surface area contributed by atoms with E-state index >= 15 is 0 Å². The Hall–Kier alpha value is -0.01000. The van der Waals surface area contributed by atoms with E-state index in [2.05, 4.69) is 13.8 Å². The molecule has 0 aliphatic heterocycles. The van der Waals surface area contributed by atoms with Gasteiger partial charge in [-0.05, 0) is 44.5 Å². The molecular formula is C12H24NO3PS. The van der Waals surface area contributed by atoms with E-state index in [1.54, 1.807) is 0 Å². The molecule has 0 saturated carbocycles. The van der Waals surface area contributed by atoms with Crippen LogP contribution in [0.3, 0.4) is 0 Å². The highest BCUT2D eigenvalue weighted by Crippen LogP contribution is 2.62. The van der Waals surface area contributed by atoms with Crippen molar-refractivity contribution in [3.63, 3.8) is 0 Å². The highest BCUT2D eigenvalue weighted by molar-refractivity contribution is 8.55. The van der Waals surface area contributed by atoms with Crippen molar-refractivity contribution >= 4 is 18.2 Å². The lowest BCUT2D eigenvalue weighted by Gasteiger charge is -2.26. The maximum absolute atomic E-state index is 12.5. The highest BCUT2D eigenvalue weighted by Gasteiger charge is 2.31. The number of nitrogens with zero attached hydrogens (tertiary/aromatic N) is 1. The fourth-order valence-electron chi connectivity index (χ4n) is 1.03. The zero-order chi connectivity index (χ0) is 14.2. The second-order valence-corrected chi connectivity index (χ2v) is 9.53. The van der Waals surface area contributed by atoms with Crippen LogP contribution in [0.25, 0.3) is 0 Å². The molecule has 0 bridgehead atoms. The maximum Gasteiger partial charge on any atom is 0.389 e. The molecule has 0 fully saturated rings. The van der Waals surface area contributed by atoms with E-state index in [-0.39, 0.29) is 0 Å². The molecule has 0 N–H and O–H groups in total. The molecule has 0 heterocycles. The molecule has 0 aromatic carbocycles. The Morgan fingerprint density at radius 2 is 2.00 bits per heavy atom. The van der Waals surface area contributed by atoms with Crippen LogP contribution < -0.4 is 0 Å². The molecule has 0 aromatic heterocycles. The zero-order valence-corrected chi connectivity index (χ0v) is 13.6. The van der Waals surface area contributed by atoms with Gasteiger partial charge in [0, 0.05) is 12.2 Å². The summed E-state index contributed by atoms with van der Waals surface area (Å²) in [6, 6.07) is 2.02. The molecule has 0 rings (SSSR count). The minimum Gasteiger partial charge on any atom is -0.301 e. The second kappa shape index (κ2) is 8.22. The first-order valence-electron chi connectivity index (χ1n) is 6.15. The minimum atomic E-state index is -3.16. The van der Waals surface area contributed by atoms with E-state index < -0.39 is 12.4 Å². The van der Waals surface area contributed by atoms with Crippen LogP contribution in [0.4, 0.5) is 0 Å². The summed E-state index contributed by atoms with van der Waals surface area (Å²) in [5.41, 5.74) is -0.521. The average molecular weight is 293 g/mol. The van der Waals surface area contributed by atoms with Crippen molar-refractivity contribution in [2.45, 2.75) is 53.1 Å². The van der Waals surface area contributed by atoms with E-state index in [4.69, 9.17) is 14.3 Å². The highest BCUT2D eigenvalue weighted by atomic mass is 32.7. The van der Waals surface area contributed by atoms with Gasteiger partial charge < -0.3 is 4.52 Å². The molecule has 0 spiro atoms. The molecule has 106 valence electrons. The number of nitriles is 1. The lowest BCUT2D eigenvalue weighted by Crippen LogP contribution is -2.17. The number of hydrogen-bond donors (Lipinski definition) is 0. The predicted octanol–water partition coefficient (Wildman–Crippen LogP) is 4.62. The Labute approximate surface area is 115 Å². The molecule has 0 aromatic rings. The number of hydrogen-bond acceptors (Lipinski definition) is 5. The van der Waals surface area contributed by atoms with Gasteiger partial charge in [-0.2, -0.15) is 5.26 Å². The first-order valence-corrected chi connectivity index (χ1v) is 9.29. The van der Waals surface area contributed by atoms with Crippen LogP contribution in [0.15, 0.2) is 0 Å². The summed E-state index contributed by atoms with van der Waals surface area (Å²) in [6.07, 6.45) is 1.19. The van der Waals surface area contributed by atoms with Crippen molar-refractivity contribution in [3.05, 3.63) is 0 Å². The van der Waals surface area contributed by atoms with Crippen LogP contribution >= 0.6 is 18.2 Å². The van der Waals surface area contributed by atoms with E-state index in [0.717, 1.165) is 17.8 Å². The van der Waals surface area contributed by atoms with E-state index in [1.165, 1.54) is 0 Å². The first kappa shape index (κ1) is 18.0. The van der Waals surface area contributed by atoms with Gasteiger partial charge in [0.2, 0.25) is 0 Å². The van der Waals surface area contributed by atoms with Crippen molar-refractivity contribution in [1.29, 1.82) is 5.26 Å². The Balaban J connectivity index is 4.41. The molecule has 18 heavy (non-hydrogen) atoms. The fraction of sp³-hybridized carbons (Fsp3) is 0.917. The topological polar surface area (TPSA) is 59.3 Å². The van der Waals surface area contributed by atoms with E-state index in [0.29, 0.717) is 24.7 Å². The van der Waals surface area contributed by atoms with Gasteiger partial charge >= 0.3 is 6.80 Å². The monoisotopic (exact) mass is 293 g/mol. The summed E-state index contributed by atoms with van der Waals surface area (Å²) in [6.45, 7) is 6.96. The summed E-state index contributed by atoms with van der Waals surface area (Å²) < 4.78 is 23.5. The lowest BCUT2D eigenvalue weighted by atomic mass is 10.2. The molecule has 6 heteroatoms. The fourth-order valence-corrected chi connectivity index (χ4v) is 4.84. The minimum absolute atomic E-state index is 0.343. The van der Waals surface area contributed by atoms with Gasteiger partial charge in [-0.3, -0.25) is 4.52 Å². The molecule has 0 radical (unpaired) electrons. The third-order valence-electron chi connectivity index (χ3n) is 1.79. The molecule has 0 aliphatic rings. The van der Waals surface area contributed by atoms with Crippen LogP contribution in [0.1, 0.15) is 47.5 Å². The smallest absolute Gasteiger partial charge is 0.301 e. The molecule has 1 atom stereocenters. The van der Waals surface area contributed by atoms with Crippen LogP contribution in [-0.2, 0) is 13.6 Å². The first-order chi connectivity index (χ1) is 8.18. The van der Waals surface area contributed by atoms with Crippen molar-refractivity contribution in [2.24, 2.45) is 5.92 Å². The second-order valence-electron chi connectivity index (χ2n) is 5.41. The third-order valence-corrected chi connectivity index (χ3v) is 5.80. The van der Waals surface area contributed by atoms with Crippen LogP contribution in [0, 0.1) is 17.2 Å². The van der Waals surface area contributed by atoms with Crippen molar-refractivity contribution in [3.8, 4) is 6.07 Å². The largest absolute Gasteiger partial charge is 0.389 e. The zero-order valence-electron chi connectivity index (χ0n) is 11.9. The van der Waals surface area contributed by atoms with Crippen LogP contribution in [0.5, 0.6) is 0 Å². The summed E-state index contributed by atoms with van der Waals surface area (Å²) in [4.78, 5) is 0. The Morgan fingerprint density at radius 3 is 2.44 bits per heavy atom. The standard InChI is InChI=1S/C12H24NO3PS/c1-11(2)7-9-15-17(14,16-12(3,4)5)18-10-6-8-13/h11H,6-7,9-10H2,1-5H3. The van der Waals surface area contributed by atoms with Gasteiger partial charge in [0.25, 0.3) is 0 Å². The predicted molar refractivity (Wildman–Crippen MR) is 76.5 cm³/mol. The van der Waals surface area contributed by atoms with Gasteiger partial charge in [-0.25, -0.2) is 4.57 Å². The molecule has 0 amide bonds. The van der Waals surface area contributed by atoms with Crippen molar-refractivity contribution < 1.29 is 13.6 Å². The molecule has 4 nitrogen and oxygen atoms in total. The summed E-state index contributed by atoms with van der Waals surface area (Å²) in [5, 5.41) is 8.51. The van der Waals surface area contributed by atoms with Crippen LogP contribution in [-0.4, -0.2) is 18.0 Å². The molecule has 0 aliphatic carbocycles. The van der Waals surface area contributed by atoms with Gasteiger partial charge in [-0.1, -0.05) is 13.8 Å². The van der Waals surface area contributed by atoms with Gasteiger partial charge in [0.1, 0.15) is 0 Å². The summed E-state index contributed by atoms with van der Waals surface area (Å²) in [7, 11) is 0. The van der Waals surface area contributed by atoms with E-state index in [9.17, 15) is 4.57 Å². The molecular weight excluding hydrogens is 269 g/mol. The van der Waals surface area contributed by atoms with Gasteiger partial charge in [0.05, 0.1) is 18.3 Å². The van der Waals surface area contributed by atoms with E-state index in [1.807, 2.05) is 26.8 Å². The quantitative estimate of drug-likeness (QED) is 0.483. The van der Waals surface area contributed by atoms with Crippen molar-refractivity contribution in [2.75, 3.05) is 12.4 Å². The van der Waals surface area contributed by atoms with Crippen molar-refractivity contribution in [1.82, 2.24) is 0 Å². The summed E-state index contributed by atoms with van der Waals surface area (Å²) in [5.74, 6) is 0.961.